The molecule has 1 aromatic carbocycles. The van der Waals surface area contributed by atoms with Crippen molar-refractivity contribution in [3.63, 3.8) is 0 Å². The van der Waals surface area contributed by atoms with Crippen LogP contribution in [0.1, 0.15) is 19.4 Å². The molecule has 0 amide bonds. The van der Waals surface area contributed by atoms with E-state index in [1.165, 1.54) is 7.11 Å². The van der Waals surface area contributed by atoms with Crippen molar-refractivity contribution in [1.82, 2.24) is 4.31 Å². The number of thioether (sulfide) groups is 1. The zero-order valence-electron chi connectivity index (χ0n) is 12.6. The van der Waals surface area contributed by atoms with Crippen LogP contribution in [0, 0.1) is 0 Å². The highest BCUT2D eigenvalue weighted by atomic mass is 32.2. The fourth-order valence-corrected chi connectivity index (χ4v) is 5.79. The number of hydrogen-bond acceptors (Lipinski definition) is 5. The quantitative estimate of drug-likeness (QED) is 0.909. The van der Waals surface area contributed by atoms with Gasteiger partial charge in [0.2, 0.25) is 10.0 Å². The third-order valence-electron chi connectivity index (χ3n) is 3.47. The standard InChI is InChI=1S/C14H22N2O3S2/c1-10-8-16(9-11(2)20-10)21(17,18)14-5-4-12(7-15)6-13(14)19-3/h4-6,10-11H,7-9,15H2,1-3H3. The molecule has 1 aromatic rings. The Kier molecular flexibility index (Phi) is 5.19. The minimum Gasteiger partial charge on any atom is -0.495 e. The number of methoxy groups -OCH3 is 1. The van der Waals surface area contributed by atoms with E-state index in [9.17, 15) is 8.42 Å². The Morgan fingerprint density at radius 1 is 1.33 bits per heavy atom. The Balaban J connectivity index is 2.39. The maximum absolute atomic E-state index is 12.9. The van der Waals surface area contributed by atoms with E-state index < -0.39 is 10.0 Å². The highest BCUT2D eigenvalue weighted by Crippen LogP contribution is 2.32. The van der Waals surface area contributed by atoms with Gasteiger partial charge in [0.25, 0.3) is 0 Å². The van der Waals surface area contributed by atoms with Crippen molar-refractivity contribution < 1.29 is 13.2 Å². The molecule has 0 aliphatic carbocycles. The van der Waals surface area contributed by atoms with Gasteiger partial charge in [-0.1, -0.05) is 19.9 Å². The Morgan fingerprint density at radius 2 is 1.95 bits per heavy atom. The summed E-state index contributed by atoms with van der Waals surface area (Å²) in [6.07, 6.45) is 0. The molecule has 5 nitrogen and oxygen atoms in total. The van der Waals surface area contributed by atoms with Gasteiger partial charge in [0.1, 0.15) is 10.6 Å². The van der Waals surface area contributed by atoms with Crippen LogP contribution >= 0.6 is 11.8 Å². The normalized spacial score (nSPS) is 24.0. The van der Waals surface area contributed by atoms with Crippen LogP contribution in [0.15, 0.2) is 23.1 Å². The van der Waals surface area contributed by atoms with Gasteiger partial charge < -0.3 is 10.5 Å². The Morgan fingerprint density at radius 3 is 2.48 bits per heavy atom. The molecule has 1 fully saturated rings. The third-order valence-corrected chi connectivity index (χ3v) is 6.57. The minimum absolute atomic E-state index is 0.216. The van der Waals surface area contributed by atoms with Crippen molar-refractivity contribution in [1.29, 1.82) is 0 Å². The van der Waals surface area contributed by atoms with Gasteiger partial charge in [0, 0.05) is 30.1 Å². The largest absolute Gasteiger partial charge is 0.495 e. The number of sulfonamides is 1. The average Bonchev–Trinajstić information content (AvgIpc) is 2.45. The van der Waals surface area contributed by atoms with Crippen molar-refractivity contribution in [3.8, 4) is 5.75 Å². The van der Waals surface area contributed by atoms with Gasteiger partial charge in [-0.2, -0.15) is 16.1 Å². The van der Waals surface area contributed by atoms with Gasteiger partial charge in [-0.25, -0.2) is 8.42 Å². The van der Waals surface area contributed by atoms with Crippen molar-refractivity contribution in [3.05, 3.63) is 23.8 Å². The molecule has 21 heavy (non-hydrogen) atoms. The number of ether oxygens (including phenoxy) is 1. The molecule has 118 valence electrons. The zero-order chi connectivity index (χ0) is 15.6. The predicted molar refractivity (Wildman–Crippen MR) is 86.2 cm³/mol. The van der Waals surface area contributed by atoms with Crippen LogP contribution in [0.3, 0.4) is 0 Å². The van der Waals surface area contributed by atoms with Gasteiger partial charge in [0.15, 0.2) is 0 Å². The summed E-state index contributed by atoms with van der Waals surface area (Å²) < 4.78 is 32.5. The lowest BCUT2D eigenvalue weighted by molar-refractivity contribution is 0.385. The van der Waals surface area contributed by atoms with Crippen molar-refractivity contribution >= 4 is 21.8 Å². The highest BCUT2D eigenvalue weighted by molar-refractivity contribution is 8.00. The Labute approximate surface area is 130 Å². The van der Waals surface area contributed by atoms with Gasteiger partial charge >= 0.3 is 0 Å². The summed E-state index contributed by atoms with van der Waals surface area (Å²) >= 11 is 1.82. The first-order chi connectivity index (χ1) is 9.88. The lowest BCUT2D eigenvalue weighted by Crippen LogP contribution is -2.44. The van der Waals surface area contributed by atoms with Gasteiger partial charge in [-0.05, 0) is 17.7 Å². The fraction of sp³-hybridized carbons (Fsp3) is 0.571. The first kappa shape index (κ1) is 16.6. The van der Waals surface area contributed by atoms with Crippen LogP contribution in [-0.4, -0.2) is 43.4 Å². The topological polar surface area (TPSA) is 72.6 Å². The number of nitrogens with two attached hydrogens (primary N) is 1. The van der Waals surface area contributed by atoms with E-state index in [0.29, 0.717) is 25.4 Å². The second kappa shape index (κ2) is 6.56. The molecule has 0 saturated carbocycles. The number of hydrogen-bond donors (Lipinski definition) is 1. The lowest BCUT2D eigenvalue weighted by Gasteiger charge is -2.33. The second-order valence-electron chi connectivity index (χ2n) is 5.27. The maximum atomic E-state index is 12.9. The highest BCUT2D eigenvalue weighted by Gasteiger charge is 2.33. The molecular formula is C14H22N2O3S2. The van der Waals surface area contributed by atoms with Crippen molar-refractivity contribution in [2.75, 3.05) is 20.2 Å². The number of nitrogens with zero attached hydrogens (tertiary/aromatic N) is 1. The average molecular weight is 330 g/mol. The third kappa shape index (κ3) is 3.53. The molecule has 1 heterocycles. The SMILES string of the molecule is COc1cc(CN)ccc1S(=O)(=O)N1CC(C)SC(C)C1. The van der Waals surface area contributed by atoms with E-state index in [2.05, 4.69) is 13.8 Å². The first-order valence-electron chi connectivity index (χ1n) is 6.91. The lowest BCUT2D eigenvalue weighted by atomic mass is 10.2. The minimum atomic E-state index is -3.54. The van der Waals surface area contributed by atoms with Crippen molar-refractivity contribution in [2.45, 2.75) is 35.8 Å². The summed E-state index contributed by atoms with van der Waals surface area (Å²) in [5.41, 5.74) is 6.44. The van der Waals surface area contributed by atoms with Crippen LogP contribution in [0.25, 0.3) is 0 Å². The molecule has 0 bridgehead atoms. The van der Waals surface area contributed by atoms with Gasteiger partial charge in [0.05, 0.1) is 7.11 Å². The van der Waals surface area contributed by atoms with E-state index in [-0.39, 0.29) is 15.4 Å². The van der Waals surface area contributed by atoms with E-state index >= 15 is 0 Å². The van der Waals surface area contributed by atoms with E-state index in [1.54, 1.807) is 22.5 Å². The number of rotatable bonds is 4. The predicted octanol–water partition coefficient (Wildman–Crippen LogP) is 1.67. The Bertz CT molecular complexity index is 594. The first-order valence-corrected chi connectivity index (χ1v) is 9.29. The summed E-state index contributed by atoms with van der Waals surface area (Å²) in [5.74, 6) is 0.358. The Hall–Kier alpha value is -0.760. The van der Waals surface area contributed by atoms with Gasteiger partial charge in [-0.15, -0.1) is 0 Å². The van der Waals surface area contributed by atoms with E-state index in [1.807, 2.05) is 11.8 Å². The molecular weight excluding hydrogens is 308 g/mol. The smallest absolute Gasteiger partial charge is 0.246 e. The molecule has 0 aromatic heterocycles. The molecule has 0 radical (unpaired) electrons. The second-order valence-corrected chi connectivity index (χ2v) is 9.06. The van der Waals surface area contributed by atoms with Crippen LogP contribution < -0.4 is 10.5 Å². The summed E-state index contributed by atoms with van der Waals surface area (Å²) in [4.78, 5) is 0.216. The fourth-order valence-electron chi connectivity index (χ4n) is 2.52. The maximum Gasteiger partial charge on any atom is 0.246 e. The molecule has 2 N–H and O–H groups in total. The molecule has 0 spiro atoms. The van der Waals surface area contributed by atoms with E-state index in [0.717, 1.165) is 5.56 Å². The molecule has 2 unspecified atom stereocenters. The van der Waals surface area contributed by atoms with Crippen LogP contribution in [0.4, 0.5) is 0 Å². The van der Waals surface area contributed by atoms with Crippen molar-refractivity contribution in [2.24, 2.45) is 5.73 Å². The van der Waals surface area contributed by atoms with Crippen LogP contribution in [0.5, 0.6) is 5.75 Å². The zero-order valence-corrected chi connectivity index (χ0v) is 14.2. The molecule has 1 aliphatic heterocycles. The van der Waals surface area contributed by atoms with Gasteiger partial charge in [-0.3, -0.25) is 0 Å². The van der Waals surface area contributed by atoms with Crippen LogP contribution in [0.2, 0.25) is 0 Å². The number of benzene rings is 1. The summed E-state index contributed by atoms with van der Waals surface area (Å²) in [6, 6.07) is 5.02. The molecule has 1 aliphatic rings. The molecule has 7 heteroatoms. The molecule has 2 rings (SSSR count). The van der Waals surface area contributed by atoms with E-state index in [4.69, 9.17) is 10.5 Å². The monoisotopic (exact) mass is 330 g/mol. The van der Waals surface area contributed by atoms with Crippen LogP contribution in [-0.2, 0) is 16.6 Å². The summed E-state index contributed by atoms with van der Waals surface area (Å²) in [7, 11) is -2.06. The molecule has 1 saturated heterocycles. The summed E-state index contributed by atoms with van der Waals surface area (Å²) in [5, 5.41) is 0.579. The molecule has 2 atom stereocenters. The summed E-state index contributed by atoms with van der Waals surface area (Å²) in [6.45, 7) is 5.51.